The molecule has 8 nitrogen and oxygen atoms in total. The summed E-state index contributed by atoms with van der Waals surface area (Å²) in [6.07, 6.45) is 0.115. The Balaban J connectivity index is 1.56. The normalized spacial score (nSPS) is 17.4. The lowest BCUT2D eigenvalue weighted by atomic mass is 10.1. The fraction of sp³-hybridized carbons (Fsp3) is 0.318. The van der Waals surface area contributed by atoms with E-state index in [1.165, 1.54) is 4.90 Å². The predicted octanol–water partition coefficient (Wildman–Crippen LogP) is 1.77. The predicted molar refractivity (Wildman–Crippen MR) is 114 cm³/mol. The van der Waals surface area contributed by atoms with Crippen LogP contribution in [0.15, 0.2) is 48.5 Å². The quantitative estimate of drug-likeness (QED) is 0.787. The Kier molecular flexibility index (Phi) is 5.56. The summed E-state index contributed by atoms with van der Waals surface area (Å²) in [4.78, 5) is 41.1. The minimum Gasteiger partial charge on any atom is -0.477 e. The third kappa shape index (κ3) is 3.94. The number of hydrogen-bond donors (Lipinski definition) is 2. The molecule has 0 unspecified atom stereocenters. The zero-order chi connectivity index (χ0) is 21.1. The van der Waals surface area contributed by atoms with Crippen molar-refractivity contribution in [2.45, 2.75) is 19.4 Å². The van der Waals surface area contributed by atoms with Crippen molar-refractivity contribution in [3.8, 4) is 5.75 Å². The number of ether oxygens (including phenoxy) is 1. The number of hydrogen-bond acceptors (Lipinski definition) is 5. The molecule has 0 spiro atoms. The molecule has 2 aromatic carbocycles. The van der Waals surface area contributed by atoms with E-state index in [1.807, 2.05) is 42.2 Å². The minimum absolute atomic E-state index is 0.0273. The topological polar surface area (TPSA) is 91.0 Å². The highest BCUT2D eigenvalue weighted by molar-refractivity contribution is 6.10. The Bertz CT molecular complexity index is 977. The second-order valence-corrected chi connectivity index (χ2v) is 7.29. The van der Waals surface area contributed by atoms with Crippen molar-refractivity contribution in [1.82, 2.24) is 5.32 Å². The molecular weight excluding hydrogens is 384 g/mol. The van der Waals surface area contributed by atoms with Crippen molar-refractivity contribution < 1.29 is 19.1 Å². The molecule has 0 bridgehead atoms. The summed E-state index contributed by atoms with van der Waals surface area (Å²) in [5.41, 5.74) is 2.03. The van der Waals surface area contributed by atoms with Gasteiger partial charge in [-0.05, 0) is 30.7 Å². The van der Waals surface area contributed by atoms with Crippen LogP contribution >= 0.6 is 0 Å². The number of para-hydroxylation sites is 4. The summed E-state index contributed by atoms with van der Waals surface area (Å²) in [6, 6.07) is 14.6. The lowest BCUT2D eigenvalue weighted by Gasteiger charge is -2.37. The highest BCUT2D eigenvalue weighted by Crippen LogP contribution is 2.34. The van der Waals surface area contributed by atoms with Crippen molar-refractivity contribution >= 4 is 34.8 Å². The van der Waals surface area contributed by atoms with Crippen LogP contribution in [-0.4, -0.2) is 50.0 Å². The van der Waals surface area contributed by atoms with Crippen LogP contribution in [0.3, 0.4) is 0 Å². The van der Waals surface area contributed by atoms with Gasteiger partial charge in [-0.2, -0.15) is 0 Å². The van der Waals surface area contributed by atoms with E-state index in [0.29, 0.717) is 23.7 Å². The van der Waals surface area contributed by atoms with Crippen molar-refractivity contribution in [2.24, 2.45) is 0 Å². The van der Waals surface area contributed by atoms with Gasteiger partial charge in [0, 0.05) is 6.54 Å². The minimum atomic E-state index is -0.712. The molecule has 0 fully saturated rings. The second kappa shape index (κ2) is 8.44. The molecule has 2 aliphatic heterocycles. The van der Waals surface area contributed by atoms with Crippen molar-refractivity contribution in [2.75, 3.05) is 41.3 Å². The molecule has 0 radical (unpaired) electrons. The van der Waals surface area contributed by atoms with Gasteiger partial charge in [-0.25, -0.2) is 0 Å². The monoisotopic (exact) mass is 408 g/mol. The molecule has 0 aromatic heterocycles. The number of benzene rings is 2. The summed E-state index contributed by atoms with van der Waals surface area (Å²) < 4.78 is 5.88. The Morgan fingerprint density at radius 2 is 1.87 bits per heavy atom. The van der Waals surface area contributed by atoms with Crippen molar-refractivity contribution in [3.05, 3.63) is 48.5 Å². The summed E-state index contributed by atoms with van der Waals surface area (Å²) in [6.45, 7) is 2.79. The van der Waals surface area contributed by atoms with Gasteiger partial charge in [-0.1, -0.05) is 31.2 Å². The molecule has 1 atom stereocenters. The van der Waals surface area contributed by atoms with Crippen molar-refractivity contribution in [3.63, 3.8) is 0 Å². The van der Waals surface area contributed by atoms with Gasteiger partial charge >= 0.3 is 0 Å². The average Bonchev–Trinajstić information content (AvgIpc) is 2.76. The first-order valence-electron chi connectivity index (χ1n) is 10.0. The first-order valence-corrected chi connectivity index (χ1v) is 10.0. The molecule has 2 heterocycles. The molecule has 2 aromatic rings. The van der Waals surface area contributed by atoms with Gasteiger partial charge in [0.15, 0.2) is 6.10 Å². The third-order valence-electron chi connectivity index (χ3n) is 5.10. The van der Waals surface area contributed by atoms with Gasteiger partial charge in [0.2, 0.25) is 11.8 Å². The van der Waals surface area contributed by atoms with Crippen LogP contribution < -0.4 is 25.2 Å². The Morgan fingerprint density at radius 3 is 2.67 bits per heavy atom. The molecule has 3 amide bonds. The van der Waals surface area contributed by atoms with Crippen LogP contribution in [0, 0.1) is 0 Å². The van der Waals surface area contributed by atoms with Crippen LogP contribution in [0.25, 0.3) is 0 Å². The number of carbonyl (C=O) groups is 3. The summed E-state index contributed by atoms with van der Waals surface area (Å²) in [5.74, 6) is -0.0977. The molecule has 4 rings (SSSR count). The highest BCUT2D eigenvalue weighted by Gasteiger charge is 2.34. The number of rotatable bonds is 5. The summed E-state index contributed by atoms with van der Waals surface area (Å²) in [5, 5.41) is 5.64. The van der Waals surface area contributed by atoms with Gasteiger partial charge in [-0.3, -0.25) is 19.3 Å². The first-order chi connectivity index (χ1) is 14.6. The first kappa shape index (κ1) is 19.8. The van der Waals surface area contributed by atoms with Gasteiger partial charge < -0.3 is 20.3 Å². The molecule has 156 valence electrons. The maximum atomic E-state index is 13.2. The molecule has 0 saturated heterocycles. The lowest BCUT2D eigenvalue weighted by molar-refractivity contribution is -0.128. The van der Waals surface area contributed by atoms with Crippen LogP contribution in [0.5, 0.6) is 5.75 Å². The van der Waals surface area contributed by atoms with E-state index >= 15 is 0 Å². The molecular formula is C22H24N4O4. The Morgan fingerprint density at radius 1 is 1.13 bits per heavy atom. The smallest absolute Gasteiger partial charge is 0.262 e. The number of nitrogens with zero attached hydrogens (tertiary/aromatic N) is 2. The highest BCUT2D eigenvalue weighted by atomic mass is 16.5. The SMILES string of the molecule is CCCNC(=O)[C@@H]1CN(CC(=O)N2CC(=O)Nc3ccccc32)c2ccccc2O1. The standard InChI is InChI=1S/C22H24N4O4/c1-2-11-23-22(29)19-12-25(17-9-5-6-10-18(17)30-19)14-21(28)26-13-20(27)24-15-7-3-4-8-16(15)26/h3-10,19H,2,11-14H2,1H3,(H,23,29)(H,24,27)/t19-/m0/s1. The maximum absolute atomic E-state index is 13.2. The molecule has 0 saturated carbocycles. The molecule has 2 N–H and O–H groups in total. The van der Waals surface area contributed by atoms with E-state index in [0.717, 1.165) is 12.1 Å². The number of anilines is 3. The van der Waals surface area contributed by atoms with Gasteiger partial charge in [0.05, 0.1) is 30.2 Å². The number of fused-ring (bicyclic) bond motifs is 2. The van der Waals surface area contributed by atoms with Gasteiger partial charge in [0.25, 0.3) is 5.91 Å². The largest absolute Gasteiger partial charge is 0.477 e. The fourth-order valence-electron chi connectivity index (χ4n) is 3.66. The average molecular weight is 408 g/mol. The summed E-state index contributed by atoms with van der Waals surface area (Å²) >= 11 is 0. The van der Waals surface area contributed by atoms with Crippen LogP contribution in [0.2, 0.25) is 0 Å². The van der Waals surface area contributed by atoms with Crippen LogP contribution in [0.4, 0.5) is 17.1 Å². The number of carbonyl (C=O) groups excluding carboxylic acids is 3. The lowest BCUT2D eigenvalue weighted by Crippen LogP contribution is -2.53. The zero-order valence-corrected chi connectivity index (χ0v) is 16.8. The van der Waals surface area contributed by atoms with Gasteiger partial charge in [0.1, 0.15) is 12.3 Å². The Hall–Kier alpha value is -3.55. The fourth-order valence-corrected chi connectivity index (χ4v) is 3.66. The van der Waals surface area contributed by atoms with E-state index < -0.39 is 6.10 Å². The zero-order valence-electron chi connectivity index (χ0n) is 16.8. The van der Waals surface area contributed by atoms with Crippen molar-refractivity contribution in [1.29, 1.82) is 0 Å². The third-order valence-corrected chi connectivity index (χ3v) is 5.10. The number of amides is 3. The van der Waals surface area contributed by atoms with Crippen LogP contribution in [-0.2, 0) is 14.4 Å². The molecule has 8 heteroatoms. The molecule has 30 heavy (non-hydrogen) atoms. The van der Waals surface area contributed by atoms with Crippen LogP contribution in [0.1, 0.15) is 13.3 Å². The second-order valence-electron chi connectivity index (χ2n) is 7.29. The van der Waals surface area contributed by atoms with E-state index in [9.17, 15) is 14.4 Å². The van der Waals surface area contributed by atoms with E-state index in [-0.39, 0.29) is 37.4 Å². The van der Waals surface area contributed by atoms with Gasteiger partial charge in [-0.15, -0.1) is 0 Å². The van der Waals surface area contributed by atoms with E-state index in [4.69, 9.17) is 4.74 Å². The summed E-state index contributed by atoms with van der Waals surface area (Å²) in [7, 11) is 0. The van der Waals surface area contributed by atoms with E-state index in [1.54, 1.807) is 18.2 Å². The Labute approximate surface area is 174 Å². The number of nitrogens with one attached hydrogen (secondary N) is 2. The van der Waals surface area contributed by atoms with E-state index in [2.05, 4.69) is 10.6 Å². The molecule has 2 aliphatic rings. The molecule has 0 aliphatic carbocycles. The maximum Gasteiger partial charge on any atom is 0.262 e.